The van der Waals surface area contributed by atoms with Crippen LogP contribution in [0.2, 0.25) is 0 Å². The molecular weight excluding hydrogens is 478 g/mol. The molecule has 0 spiro atoms. The van der Waals surface area contributed by atoms with Crippen molar-refractivity contribution >= 4 is 0 Å². The summed E-state index contributed by atoms with van der Waals surface area (Å²) < 4.78 is 183. The Balaban J connectivity index is 3.01. The molecule has 0 aliphatic rings. The molecule has 0 bridgehead atoms. The van der Waals surface area contributed by atoms with E-state index in [1.807, 2.05) is 4.98 Å². The minimum Gasteiger partial charge on any atom is -0.359 e. The molecular formula is C13H4F14N4. The Hall–Kier alpha value is -2.69. The Kier molecular flexibility index (Phi) is 5.48. The smallest absolute Gasteiger partial charge is 0.359 e. The maximum absolute atomic E-state index is 14.2. The largest absolute Gasteiger partial charge is 0.439 e. The van der Waals surface area contributed by atoms with Crippen LogP contribution in [0.15, 0.2) is 18.3 Å². The highest BCUT2D eigenvalue weighted by molar-refractivity contribution is 5.49. The number of H-pyrrole nitrogens is 1. The fraction of sp³-hybridized carbons (Fsp3) is 0.462. The fourth-order valence-corrected chi connectivity index (χ4v) is 2.10. The molecule has 2 aromatic rings. The lowest BCUT2D eigenvalue weighted by molar-refractivity contribution is -0.354. The Morgan fingerprint density at radius 2 is 0.903 bits per heavy atom. The van der Waals surface area contributed by atoms with E-state index in [4.69, 9.17) is 0 Å². The third kappa shape index (κ3) is 3.75. The van der Waals surface area contributed by atoms with Crippen LogP contribution in [0.4, 0.5) is 61.5 Å². The van der Waals surface area contributed by atoms with Gasteiger partial charge in [0.1, 0.15) is 0 Å². The normalized spacial score (nSPS) is 14.8. The molecule has 0 unspecified atom stereocenters. The number of hydrogen-bond donors (Lipinski definition) is 1. The first-order valence-corrected chi connectivity index (χ1v) is 7.23. The van der Waals surface area contributed by atoms with E-state index in [2.05, 4.69) is 9.97 Å². The maximum Gasteiger partial charge on any atom is 0.439 e. The zero-order valence-electron chi connectivity index (χ0n) is 13.9. The van der Waals surface area contributed by atoms with Crippen LogP contribution in [0.25, 0.3) is 11.5 Å². The molecule has 31 heavy (non-hydrogen) atoms. The van der Waals surface area contributed by atoms with Crippen LogP contribution in [0, 0.1) is 0 Å². The molecule has 0 saturated carbocycles. The summed E-state index contributed by atoms with van der Waals surface area (Å²) >= 11 is 0. The molecule has 1 N–H and O–H groups in total. The zero-order chi connectivity index (χ0) is 24.3. The van der Waals surface area contributed by atoms with Gasteiger partial charge in [-0.25, -0.2) is 23.7 Å². The summed E-state index contributed by atoms with van der Waals surface area (Å²) in [6.45, 7) is 0. The number of aromatic nitrogens is 4. The minimum atomic E-state index is -7.02. The molecule has 18 heteroatoms. The van der Waals surface area contributed by atoms with E-state index < -0.39 is 59.2 Å². The number of aromatic amines is 1. The first-order chi connectivity index (χ1) is 13.7. The van der Waals surface area contributed by atoms with Crippen molar-refractivity contribution in [3.05, 3.63) is 30.0 Å². The van der Waals surface area contributed by atoms with Gasteiger partial charge in [-0.15, -0.1) is 0 Å². The molecule has 0 aliphatic heterocycles. The highest BCUT2D eigenvalue weighted by atomic mass is 19.4. The molecule has 0 fully saturated rings. The number of halogens is 14. The maximum atomic E-state index is 14.2. The molecule has 0 amide bonds. The predicted molar refractivity (Wildman–Crippen MR) is 69.4 cm³/mol. The van der Waals surface area contributed by atoms with Crippen LogP contribution in [0.1, 0.15) is 11.6 Å². The summed E-state index contributed by atoms with van der Waals surface area (Å²) in [5, 5.41) is 0. The molecule has 2 aromatic heterocycles. The van der Waals surface area contributed by atoms with E-state index in [0.29, 0.717) is 6.07 Å². The number of hydrogen-bond acceptors (Lipinski definition) is 3. The topological polar surface area (TPSA) is 54.5 Å². The Morgan fingerprint density at radius 3 is 1.16 bits per heavy atom. The second kappa shape index (κ2) is 6.91. The van der Waals surface area contributed by atoms with Crippen molar-refractivity contribution in [2.75, 3.05) is 0 Å². The van der Waals surface area contributed by atoms with E-state index >= 15 is 0 Å². The second-order valence-electron chi connectivity index (χ2n) is 5.70. The van der Waals surface area contributed by atoms with Gasteiger partial charge in [0.2, 0.25) is 0 Å². The van der Waals surface area contributed by atoms with Crippen LogP contribution < -0.4 is 0 Å². The van der Waals surface area contributed by atoms with Gasteiger partial charge in [0, 0.05) is 6.20 Å². The first-order valence-electron chi connectivity index (χ1n) is 7.23. The lowest BCUT2D eigenvalue weighted by Gasteiger charge is -2.31. The minimum absolute atomic E-state index is 0.672. The highest BCUT2D eigenvalue weighted by Gasteiger charge is 2.78. The third-order valence-corrected chi connectivity index (χ3v) is 3.65. The van der Waals surface area contributed by atoms with Crippen LogP contribution >= 0.6 is 0 Å². The van der Waals surface area contributed by atoms with Gasteiger partial charge < -0.3 is 4.98 Å². The second-order valence-corrected chi connectivity index (χ2v) is 5.70. The first kappa shape index (κ1) is 24.6. The summed E-state index contributed by atoms with van der Waals surface area (Å²) in [6.07, 6.45) is -27.2. The van der Waals surface area contributed by atoms with Crippen molar-refractivity contribution in [3.8, 4) is 11.5 Å². The number of rotatable bonds is 3. The summed E-state index contributed by atoms with van der Waals surface area (Å²) in [6, 6.07) is 1.59. The van der Waals surface area contributed by atoms with E-state index in [1.165, 1.54) is 0 Å². The monoisotopic (exact) mass is 482 g/mol. The van der Waals surface area contributed by atoms with E-state index in [1.54, 1.807) is 4.98 Å². The lowest BCUT2D eigenvalue weighted by Crippen LogP contribution is -2.54. The third-order valence-electron chi connectivity index (χ3n) is 3.65. The van der Waals surface area contributed by atoms with Gasteiger partial charge in [0.15, 0.2) is 17.5 Å². The van der Waals surface area contributed by atoms with E-state index in [9.17, 15) is 61.5 Å². The summed E-state index contributed by atoms with van der Waals surface area (Å²) in [5.74, 6) is -8.31. The van der Waals surface area contributed by atoms with Gasteiger partial charge >= 0.3 is 36.0 Å². The highest BCUT2D eigenvalue weighted by Crippen LogP contribution is 2.55. The van der Waals surface area contributed by atoms with E-state index in [0.717, 1.165) is 12.3 Å². The number of nitrogens with zero attached hydrogens (tertiary/aromatic N) is 3. The van der Waals surface area contributed by atoms with Crippen molar-refractivity contribution in [2.45, 2.75) is 36.0 Å². The average molecular weight is 482 g/mol. The van der Waals surface area contributed by atoms with E-state index in [-0.39, 0.29) is 0 Å². The number of nitrogens with one attached hydrogen (secondary N) is 1. The van der Waals surface area contributed by atoms with Gasteiger partial charge in [0.05, 0.1) is 5.69 Å². The van der Waals surface area contributed by atoms with Gasteiger partial charge in [0.25, 0.3) is 0 Å². The lowest BCUT2D eigenvalue weighted by atomic mass is 10.0. The quantitative estimate of drug-likeness (QED) is 0.593. The van der Waals surface area contributed by atoms with Crippen molar-refractivity contribution in [1.29, 1.82) is 0 Å². The van der Waals surface area contributed by atoms with Crippen molar-refractivity contribution in [2.24, 2.45) is 0 Å². The molecule has 2 heterocycles. The summed E-state index contributed by atoms with van der Waals surface area (Å²) in [4.78, 5) is 8.41. The molecule has 0 aromatic carbocycles. The Bertz CT molecular complexity index is 837. The van der Waals surface area contributed by atoms with Gasteiger partial charge in [-0.1, -0.05) is 0 Å². The SMILES string of the molecule is FC(F)(F)C(F)(c1nc(-c2ccc[nH]2)nc(C(F)(C(F)(F)F)C(F)(F)F)n1)C(F)(F)F. The summed E-state index contributed by atoms with van der Waals surface area (Å²) in [5.41, 5.74) is -14.2. The molecule has 0 atom stereocenters. The molecule has 4 nitrogen and oxygen atoms in total. The number of alkyl halides is 14. The van der Waals surface area contributed by atoms with Crippen molar-refractivity contribution < 1.29 is 61.5 Å². The molecule has 0 radical (unpaired) electrons. The molecule has 0 aliphatic carbocycles. The van der Waals surface area contributed by atoms with Crippen LogP contribution in [-0.2, 0) is 11.3 Å². The Morgan fingerprint density at radius 1 is 0.548 bits per heavy atom. The molecule has 0 saturated heterocycles. The summed E-state index contributed by atoms with van der Waals surface area (Å²) in [7, 11) is 0. The van der Waals surface area contributed by atoms with Crippen molar-refractivity contribution in [3.63, 3.8) is 0 Å². The standard InChI is InChI=1S/C13H4F14N4/c14-8(10(16,17)18,11(19,20)21)6-29-5(4-2-1-3-28-4)30-7(31-6)9(15,12(22,23)24)13(25,26)27/h1-3,28H. The van der Waals surface area contributed by atoms with Crippen molar-refractivity contribution in [1.82, 2.24) is 19.9 Å². The predicted octanol–water partition coefficient (Wildman–Crippen LogP) is 5.45. The fourth-order valence-electron chi connectivity index (χ4n) is 2.10. The molecule has 174 valence electrons. The van der Waals surface area contributed by atoms with Gasteiger partial charge in [-0.3, -0.25) is 0 Å². The zero-order valence-corrected chi connectivity index (χ0v) is 13.9. The van der Waals surface area contributed by atoms with Gasteiger partial charge in [-0.2, -0.15) is 52.7 Å². The van der Waals surface area contributed by atoms with Gasteiger partial charge in [-0.05, 0) is 12.1 Å². The van der Waals surface area contributed by atoms with Crippen LogP contribution in [-0.4, -0.2) is 44.6 Å². The molecule has 2 rings (SSSR count). The van der Waals surface area contributed by atoms with Crippen LogP contribution in [0.5, 0.6) is 0 Å². The van der Waals surface area contributed by atoms with Crippen LogP contribution in [0.3, 0.4) is 0 Å². The average Bonchev–Trinajstić information content (AvgIpc) is 3.10. The Labute approximate surface area is 160 Å².